The SMILES string of the molecule is OCC1(C2(O)CCOCC2)CN2CCC1CC2. The molecule has 0 aromatic heterocycles. The molecule has 4 saturated heterocycles. The summed E-state index contributed by atoms with van der Waals surface area (Å²) in [5.74, 6) is 0.487. The first-order valence-electron chi connectivity index (χ1n) is 6.84. The van der Waals surface area contributed by atoms with Crippen molar-refractivity contribution in [2.45, 2.75) is 31.3 Å². The third-order valence-electron chi connectivity index (χ3n) is 5.40. The van der Waals surface area contributed by atoms with Gasteiger partial charge in [-0.05, 0) is 31.8 Å². The molecule has 1 atom stereocenters. The van der Waals surface area contributed by atoms with E-state index in [0.29, 0.717) is 32.0 Å². The van der Waals surface area contributed by atoms with Gasteiger partial charge in [0.15, 0.2) is 0 Å². The van der Waals surface area contributed by atoms with Gasteiger partial charge >= 0.3 is 0 Å². The third kappa shape index (κ3) is 1.65. The van der Waals surface area contributed by atoms with Gasteiger partial charge in [-0.2, -0.15) is 0 Å². The number of aliphatic hydroxyl groups is 2. The summed E-state index contributed by atoms with van der Waals surface area (Å²) in [5.41, 5.74) is -1.02. The molecule has 4 heterocycles. The van der Waals surface area contributed by atoms with Crippen LogP contribution in [0.2, 0.25) is 0 Å². The van der Waals surface area contributed by atoms with Gasteiger partial charge in [0.25, 0.3) is 0 Å². The average Bonchev–Trinajstić information content (AvgIpc) is 2.40. The summed E-state index contributed by atoms with van der Waals surface area (Å²) in [6.07, 6.45) is 3.61. The normalized spacial score (nSPS) is 44.8. The molecular formula is C13H23NO3. The second kappa shape index (κ2) is 4.19. The topological polar surface area (TPSA) is 52.9 Å². The lowest BCUT2D eigenvalue weighted by atomic mass is 9.56. The maximum Gasteiger partial charge on any atom is 0.0784 e. The molecule has 0 saturated carbocycles. The molecule has 0 spiro atoms. The van der Waals surface area contributed by atoms with E-state index in [-0.39, 0.29) is 12.0 Å². The second-order valence-electron chi connectivity index (χ2n) is 6.01. The van der Waals surface area contributed by atoms with Crippen LogP contribution < -0.4 is 0 Å². The lowest BCUT2D eigenvalue weighted by Crippen LogP contribution is -2.67. The van der Waals surface area contributed by atoms with Crippen LogP contribution in [-0.2, 0) is 4.74 Å². The maximum atomic E-state index is 11.0. The van der Waals surface area contributed by atoms with Gasteiger partial charge in [-0.25, -0.2) is 0 Å². The Morgan fingerprint density at radius 3 is 2.29 bits per heavy atom. The molecule has 0 aliphatic carbocycles. The number of ether oxygens (including phenoxy) is 1. The second-order valence-corrected chi connectivity index (χ2v) is 6.01. The first-order valence-corrected chi connectivity index (χ1v) is 6.84. The summed E-state index contributed by atoms with van der Waals surface area (Å²) in [6, 6.07) is 0. The van der Waals surface area contributed by atoms with Crippen LogP contribution in [0.4, 0.5) is 0 Å². The van der Waals surface area contributed by atoms with Crippen LogP contribution in [0, 0.1) is 11.3 Å². The molecule has 0 radical (unpaired) electrons. The Morgan fingerprint density at radius 2 is 1.82 bits per heavy atom. The Balaban J connectivity index is 1.90. The quantitative estimate of drug-likeness (QED) is 0.727. The van der Waals surface area contributed by atoms with Gasteiger partial charge in [0.05, 0.1) is 12.2 Å². The molecule has 0 aromatic carbocycles. The number of nitrogens with zero attached hydrogens (tertiary/aromatic N) is 1. The Labute approximate surface area is 103 Å². The van der Waals surface area contributed by atoms with Crippen molar-refractivity contribution in [1.82, 2.24) is 4.90 Å². The summed E-state index contributed by atoms with van der Waals surface area (Å²) in [4.78, 5) is 2.41. The van der Waals surface area contributed by atoms with Gasteiger partial charge in [0.1, 0.15) is 0 Å². The largest absolute Gasteiger partial charge is 0.396 e. The fourth-order valence-electron chi connectivity index (χ4n) is 4.23. The summed E-state index contributed by atoms with van der Waals surface area (Å²) in [5, 5.41) is 21.0. The first-order chi connectivity index (χ1) is 8.20. The van der Waals surface area contributed by atoms with Crippen LogP contribution in [0.15, 0.2) is 0 Å². The predicted octanol–water partition coefficient (Wildman–Crippen LogP) is 0.232. The molecule has 2 bridgehead atoms. The number of rotatable bonds is 2. The number of aliphatic hydroxyl groups excluding tert-OH is 1. The zero-order valence-corrected chi connectivity index (χ0v) is 10.4. The van der Waals surface area contributed by atoms with E-state index < -0.39 is 5.60 Å². The predicted molar refractivity (Wildman–Crippen MR) is 63.7 cm³/mol. The number of hydrogen-bond donors (Lipinski definition) is 2. The van der Waals surface area contributed by atoms with E-state index in [1.54, 1.807) is 0 Å². The Bertz CT molecular complexity index is 282. The molecular weight excluding hydrogens is 218 g/mol. The standard InChI is InChI=1S/C13H23NO3/c15-10-12(13(16)3-7-17-8-4-13)9-14-5-1-11(12)2-6-14/h11,15-16H,1-10H2. The van der Waals surface area contributed by atoms with Crippen LogP contribution in [0.3, 0.4) is 0 Å². The Hall–Kier alpha value is -0.160. The molecule has 0 aromatic rings. The van der Waals surface area contributed by atoms with E-state index in [1.165, 1.54) is 0 Å². The molecule has 4 aliphatic heterocycles. The van der Waals surface area contributed by atoms with Crippen molar-refractivity contribution in [3.05, 3.63) is 0 Å². The van der Waals surface area contributed by atoms with E-state index in [0.717, 1.165) is 32.5 Å². The molecule has 98 valence electrons. The highest BCUT2D eigenvalue weighted by Crippen LogP contribution is 2.51. The van der Waals surface area contributed by atoms with E-state index in [9.17, 15) is 10.2 Å². The fraction of sp³-hybridized carbons (Fsp3) is 1.00. The van der Waals surface area contributed by atoms with Gasteiger partial charge < -0.3 is 19.8 Å². The fourth-order valence-corrected chi connectivity index (χ4v) is 4.23. The molecule has 4 fully saturated rings. The van der Waals surface area contributed by atoms with Crippen LogP contribution in [-0.4, -0.2) is 60.2 Å². The van der Waals surface area contributed by atoms with E-state index >= 15 is 0 Å². The van der Waals surface area contributed by atoms with Gasteiger partial charge in [-0.1, -0.05) is 0 Å². The third-order valence-corrected chi connectivity index (χ3v) is 5.40. The van der Waals surface area contributed by atoms with Crippen molar-refractivity contribution in [3.63, 3.8) is 0 Å². The molecule has 2 N–H and O–H groups in total. The molecule has 17 heavy (non-hydrogen) atoms. The van der Waals surface area contributed by atoms with Crippen molar-refractivity contribution in [2.24, 2.45) is 11.3 Å². The minimum absolute atomic E-state index is 0.116. The maximum absolute atomic E-state index is 11.0. The summed E-state index contributed by atoms with van der Waals surface area (Å²) >= 11 is 0. The van der Waals surface area contributed by atoms with Crippen LogP contribution in [0.25, 0.3) is 0 Å². The van der Waals surface area contributed by atoms with Gasteiger partial charge in [-0.3, -0.25) is 0 Å². The van der Waals surface area contributed by atoms with Crippen LogP contribution in [0.5, 0.6) is 0 Å². The Kier molecular flexibility index (Phi) is 2.94. The highest BCUT2D eigenvalue weighted by molar-refractivity contribution is 5.09. The van der Waals surface area contributed by atoms with Crippen molar-refractivity contribution < 1.29 is 14.9 Å². The van der Waals surface area contributed by atoms with E-state index in [4.69, 9.17) is 4.74 Å². The monoisotopic (exact) mass is 241 g/mol. The van der Waals surface area contributed by atoms with Crippen LogP contribution >= 0.6 is 0 Å². The Morgan fingerprint density at radius 1 is 1.18 bits per heavy atom. The molecule has 0 amide bonds. The minimum atomic E-state index is -0.718. The van der Waals surface area contributed by atoms with E-state index in [1.807, 2.05) is 0 Å². The van der Waals surface area contributed by atoms with Crippen molar-refractivity contribution in [1.29, 1.82) is 0 Å². The van der Waals surface area contributed by atoms with Gasteiger partial charge in [0, 0.05) is 38.0 Å². The zero-order chi connectivity index (χ0) is 11.9. The zero-order valence-electron chi connectivity index (χ0n) is 10.4. The molecule has 4 aliphatic rings. The van der Waals surface area contributed by atoms with Gasteiger partial charge in [-0.15, -0.1) is 0 Å². The summed E-state index contributed by atoms with van der Waals surface area (Å²) < 4.78 is 5.37. The van der Waals surface area contributed by atoms with E-state index in [2.05, 4.69) is 4.90 Å². The molecule has 4 heteroatoms. The van der Waals surface area contributed by atoms with Crippen molar-refractivity contribution >= 4 is 0 Å². The number of fused-ring (bicyclic) bond motifs is 3. The minimum Gasteiger partial charge on any atom is -0.396 e. The molecule has 4 rings (SSSR count). The average molecular weight is 241 g/mol. The number of hydrogen-bond acceptors (Lipinski definition) is 4. The highest BCUT2D eigenvalue weighted by Gasteiger charge is 2.58. The lowest BCUT2D eigenvalue weighted by molar-refractivity contribution is -0.216. The lowest BCUT2D eigenvalue weighted by Gasteiger charge is -2.60. The molecule has 1 unspecified atom stereocenters. The highest BCUT2D eigenvalue weighted by atomic mass is 16.5. The smallest absolute Gasteiger partial charge is 0.0784 e. The summed E-state index contributed by atoms with van der Waals surface area (Å²) in [7, 11) is 0. The number of piperidine rings is 3. The van der Waals surface area contributed by atoms with Crippen molar-refractivity contribution in [3.8, 4) is 0 Å². The molecule has 4 nitrogen and oxygen atoms in total. The van der Waals surface area contributed by atoms with Crippen LogP contribution in [0.1, 0.15) is 25.7 Å². The van der Waals surface area contributed by atoms with Crippen molar-refractivity contribution in [2.75, 3.05) is 39.5 Å². The summed E-state index contributed by atoms with van der Waals surface area (Å²) in [6.45, 7) is 4.52. The first kappa shape index (κ1) is 11.9. The van der Waals surface area contributed by atoms with Gasteiger partial charge in [0.2, 0.25) is 0 Å².